The minimum Gasteiger partial charge on any atom is -0.198 e. The number of hydrogen-bond acceptors (Lipinski definition) is 0. The highest BCUT2D eigenvalue weighted by Gasteiger charge is 2.25. The average Bonchev–Trinajstić information content (AvgIpc) is 2.61. The molecule has 0 amide bonds. The number of benzene rings is 2. The summed E-state index contributed by atoms with van der Waals surface area (Å²) in [5.74, 6) is 0. The molecule has 0 bridgehead atoms. The monoisotopic (exact) mass is 391 g/mol. The van der Waals surface area contributed by atoms with E-state index < -0.39 is 8.07 Å². The van der Waals surface area contributed by atoms with Crippen molar-refractivity contribution in [2.75, 3.05) is 0 Å². The van der Waals surface area contributed by atoms with Crippen molar-refractivity contribution in [1.29, 1.82) is 0 Å². The van der Waals surface area contributed by atoms with Gasteiger partial charge in [-0.3, -0.25) is 0 Å². The Hall–Kier alpha value is -1.93. The molecule has 0 aliphatic rings. The van der Waals surface area contributed by atoms with Crippen LogP contribution in [-0.4, -0.2) is 8.07 Å². The molecule has 1 nitrogen and oxygen atoms in total. The summed E-state index contributed by atoms with van der Waals surface area (Å²) in [7, 11) is 0.659. The van der Waals surface area contributed by atoms with Gasteiger partial charge in [-0.15, -0.1) is 0 Å². The Kier molecular flexibility index (Phi) is 4.74. The lowest BCUT2D eigenvalue weighted by atomic mass is 9.83. The van der Waals surface area contributed by atoms with Gasteiger partial charge in [-0.1, -0.05) is 63.8 Å². The minimum absolute atomic E-state index is 0.0942. The van der Waals surface area contributed by atoms with Crippen LogP contribution >= 0.6 is 0 Å². The molecule has 0 fully saturated rings. The van der Waals surface area contributed by atoms with Crippen LogP contribution in [0, 0.1) is 20.8 Å². The van der Waals surface area contributed by atoms with Crippen molar-refractivity contribution in [3.8, 4) is 11.3 Å². The van der Waals surface area contributed by atoms with Gasteiger partial charge >= 0.3 is 0 Å². The van der Waals surface area contributed by atoms with Crippen molar-refractivity contribution < 1.29 is 5.94 Å². The first-order chi connectivity index (χ1) is 13.2. The number of pyridine rings is 1. The number of hydrogen-bond donors (Lipinski definition) is 0. The standard InChI is InChI=1S/C26H36NSi/c1-17-13-21(26(4,5)6)16-24(19(17)3)25-23-12-11-22(28(8,9)10)15-20(23)14-18(2)27(25)7/h11-16H,1-10H3/q+1/i14D. The summed E-state index contributed by atoms with van der Waals surface area (Å²) in [6.45, 7) is 20.4. The van der Waals surface area contributed by atoms with Crippen molar-refractivity contribution in [2.45, 2.75) is 66.6 Å². The predicted octanol–water partition coefficient (Wildman–Crippen LogP) is 6.10. The van der Waals surface area contributed by atoms with E-state index in [2.05, 4.69) is 103 Å². The molecule has 1 heterocycles. The van der Waals surface area contributed by atoms with Crippen molar-refractivity contribution in [1.82, 2.24) is 0 Å². The Labute approximate surface area is 173 Å². The molecule has 28 heavy (non-hydrogen) atoms. The van der Waals surface area contributed by atoms with Gasteiger partial charge in [0.15, 0.2) is 5.69 Å². The Morgan fingerprint density at radius 1 is 0.964 bits per heavy atom. The highest BCUT2D eigenvalue weighted by molar-refractivity contribution is 6.88. The van der Waals surface area contributed by atoms with Gasteiger partial charge < -0.3 is 0 Å². The Morgan fingerprint density at radius 3 is 2.18 bits per heavy atom. The summed E-state index contributed by atoms with van der Waals surface area (Å²) in [5.41, 5.74) is 7.62. The smallest absolute Gasteiger partial charge is 0.198 e. The second-order valence-corrected chi connectivity index (χ2v) is 15.4. The van der Waals surface area contributed by atoms with Gasteiger partial charge in [-0.2, -0.15) is 4.57 Å². The molecule has 0 N–H and O–H groups in total. The van der Waals surface area contributed by atoms with Gasteiger partial charge in [0.05, 0.1) is 20.4 Å². The number of aryl methyl sites for hydroxylation is 1. The van der Waals surface area contributed by atoms with E-state index in [0.717, 1.165) is 11.1 Å². The molecule has 1 aromatic heterocycles. The molecule has 2 heteroatoms. The SMILES string of the molecule is [2H]c1c(C)[n+](C)c(-c2cc(C(C)(C)C)cc(C)c2C)c2ccc([Si](C)(C)C)cc12. The molecule has 0 spiro atoms. The maximum absolute atomic E-state index is 8.82. The lowest BCUT2D eigenvalue weighted by Gasteiger charge is -2.22. The lowest BCUT2D eigenvalue weighted by molar-refractivity contribution is -0.665. The zero-order valence-electron chi connectivity index (χ0n) is 20.3. The second-order valence-electron chi connectivity index (χ2n) is 10.3. The largest absolute Gasteiger partial charge is 0.220 e. The Balaban J connectivity index is 2.47. The highest BCUT2D eigenvalue weighted by Crippen LogP contribution is 2.34. The first-order valence-corrected chi connectivity index (χ1v) is 13.8. The van der Waals surface area contributed by atoms with E-state index in [4.69, 9.17) is 1.37 Å². The molecule has 148 valence electrons. The molecule has 0 aliphatic carbocycles. The number of aromatic nitrogens is 1. The van der Waals surface area contributed by atoms with Crippen LogP contribution in [-0.2, 0) is 12.5 Å². The molecule has 0 unspecified atom stereocenters. The van der Waals surface area contributed by atoms with E-state index in [1.165, 1.54) is 38.5 Å². The van der Waals surface area contributed by atoms with Crippen molar-refractivity contribution in [3.05, 3.63) is 58.8 Å². The summed E-state index contributed by atoms with van der Waals surface area (Å²) in [6.07, 6.45) is 0. The molecule has 0 radical (unpaired) electrons. The quantitative estimate of drug-likeness (QED) is 0.367. The lowest BCUT2D eigenvalue weighted by Crippen LogP contribution is -2.38. The fourth-order valence-corrected chi connectivity index (χ4v) is 4.97. The third kappa shape index (κ3) is 3.67. The van der Waals surface area contributed by atoms with E-state index in [0.29, 0.717) is 6.04 Å². The van der Waals surface area contributed by atoms with E-state index >= 15 is 0 Å². The summed E-state index contributed by atoms with van der Waals surface area (Å²) in [6, 6.07) is 12.2. The molecular weight excluding hydrogens is 354 g/mol. The van der Waals surface area contributed by atoms with Crippen LogP contribution in [0.5, 0.6) is 0 Å². The first kappa shape index (κ1) is 19.4. The molecule has 2 aromatic carbocycles. The normalized spacial score (nSPS) is 13.1. The van der Waals surface area contributed by atoms with Crippen LogP contribution in [0.4, 0.5) is 0 Å². The summed E-state index contributed by atoms with van der Waals surface area (Å²) in [4.78, 5) is 0. The van der Waals surface area contributed by atoms with Crippen LogP contribution in [0.2, 0.25) is 19.6 Å². The first-order valence-electron chi connectivity index (χ1n) is 10.8. The maximum atomic E-state index is 8.82. The fourth-order valence-electron chi connectivity index (χ4n) is 3.81. The van der Waals surface area contributed by atoms with E-state index in [1.54, 1.807) is 0 Å². The fraction of sp³-hybridized carbons (Fsp3) is 0.423. The Bertz CT molecular complexity index is 1110. The molecule has 3 aromatic rings. The van der Waals surface area contributed by atoms with E-state index in [1.807, 2.05) is 0 Å². The van der Waals surface area contributed by atoms with Crippen molar-refractivity contribution in [3.63, 3.8) is 0 Å². The van der Waals surface area contributed by atoms with Gasteiger partial charge in [0.1, 0.15) is 7.05 Å². The van der Waals surface area contributed by atoms with Crippen LogP contribution < -0.4 is 9.75 Å². The van der Waals surface area contributed by atoms with Crippen molar-refractivity contribution in [2.24, 2.45) is 7.05 Å². The third-order valence-corrected chi connectivity index (χ3v) is 8.13. The topological polar surface area (TPSA) is 3.88 Å². The summed E-state index contributed by atoms with van der Waals surface area (Å²) in [5, 5.41) is 3.67. The van der Waals surface area contributed by atoms with Gasteiger partial charge in [0, 0.05) is 13.0 Å². The van der Waals surface area contributed by atoms with Crippen LogP contribution in [0.15, 0.2) is 36.4 Å². The van der Waals surface area contributed by atoms with E-state index in [9.17, 15) is 0 Å². The van der Waals surface area contributed by atoms with E-state index in [-0.39, 0.29) is 5.41 Å². The molecular formula is C26H36NSi+. The van der Waals surface area contributed by atoms with Crippen LogP contribution in [0.3, 0.4) is 0 Å². The van der Waals surface area contributed by atoms with Crippen molar-refractivity contribution >= 4 is 24.0 Å². The molecule has 0 saturated heterocycles. The number of rotatable bonds is 2. The third-order valence-electron chi connectivity index (χ3n) is 6.08. The molecule has 0 saturated carbocycles. The number of fused-ring (bicyclic) bond motifs is 1. The highest BCUT2D eigenvalue weighted by atomic mass is 28.3. The number of nitrogens with zero attached hydrogens (tertiary/aromatic N) is 1. The molecule has 0 atom stereocenters. The van der Waals surface area contributed by atoms with Gasteiger partial charge in [-0.25, -0.2) is 0 Å². The zero-order chi connectivity index (χ0) is 21.9. The summed E-state index contributed by atoms with van der Waals surface area (Å²) >= 11 is 0. The Morgan fingerprint density at radius 2 is 1.61 bits per heavy atom. The minimum atomic E-state index is -1.44. The predicted molar refractivity (Wildman–Crippen MR) is 126 cm³/mol. The van der Waals surface area contributed by atoms with Gasteiger partial charge in [-0.05, 0) is 53.5 Å². The summed E-state index contributed by atoms with van der Waals surface area (Å²) < 4.78 is 11.0. The average molecular weight is 392 g/mol. The molecule has 3 rings (SSSR count). The van der Waals surface area contributed by atoms with Crippen LogP contribution in [0.1, 0.15) is 44.5 Å². The second kappa shape index (κ2) is 6.84. The molecule has 0 aliphatic heterocycles. The van der Waals surface area contributed by atoms with Gasteiger partial charge in [0.2, 0.25) is 5.69 Å². The maximum Gasteiger partial charge on any atom is 0.220 e. The van der Waals surface area contributed by atoms with Crippen LogP contribution in [0.25, 0.3) is 22.0 Å². The zero-order valence-corrected chi connectivity index (χ0v) is 20.3. The van der Waals surface area contributed by atoms with Gasteiger partial charge in [0.25, 0.3) is 0 Å².